The van der Waals surface area contributed by atoms with Crippen LogP contribution in [-0.2, 0) is 22.4 Å². The molecule has 1 aromatic carbocycles. The summed E-state index contributed by atoms with van der Waals surface area (Å²) in [7, 11) is 0. The Bertz CT molecular complexity index is 615. The first kappa shape index (κ1) is 20.4. The molecule has 26 heavy (non-hydrogen) atoms. The Morgan fingerprint density at radius 3 is 2.65 bits per heavy atom. The van der Waals surface area contributed by atoms with Gasteiger partial charge in [0, 0.05) is 12.1 Å². The van der Waals surface area contributed by atoms with Gasteiger partial charge < -0.3 is 16.4 Å². The van der Waals surface area contributed by atoms with E-state index >= 15 is 0 Å². The highest BCUT2D eigenvalue weighted by atomic mass is 16.2. The first-order valence-corrected chi connectivity index (χ1v) is 9.97. The van der Waals surface area contributed by atoms with E-state index in [-0.39, 0.29) is 17.7 Å². The van der Waals surface area contributed by atoms with Crippen LogP contribution in [0.15, 0.2) is 18.2 Å². The quantitative estimate of drug-likeness (QED) is 0.561. The summed E-state index contributed by atoms with van der Waals surface area (Å²) in [5.74, 6) is -0.110. The lowest BCUT2D eigenvalue weighted by Gasteiger charge is -2.24. The molecule has 2 atom stereocenters. The zero-order valence-electron chi connectivity index (χ0n) is 16.1. The fourth-order valence-electron chi connectivity index (χ4n) is 3.42. The molecule has 0 fully saturated rings. The van der Waals surface area contributed by atoms with Crippen LogP contribution in [-0.4, -0.2) is 24.4 Å². The van der Waals surface area contributed by atoms with E-state index in [1.807, 2.05) is 19.9 Å². The van der Waals surface area contributed by atoms with Crippen molar-refractivity contribution in [1.29, 1.82) is 0 Å². The smallest absolute Gasteiger partial charge is 0.247 e. The van der Waals surface area contributed by atoms with Crippen molar-refractivity contribution in [2.75, 3.05) is 11.9 Å². The average Bonchev–Trinajstić information content (AvgIpc) is 3.10. The van der Waals surface area contributed by atoms with E-state index < -0.39 is 6.04 Å². The van der Waals surface area contributed by atoms with Gasteiger partial charge in [0.2, 0.25) is 11.8 Å². The van der Waals surface area contributed by atoms with E-state index in [1.165, 1.54) is 17.5 Å². The van der Waals surface area contributed by atoms with E-state index in [9.17, 15) is 9.59 Å². The number of amides is 2. The Morgan fingerprint density at radius 1 is 1.15 bits per heavy atom. The molecular weight excluding hydrogens is 326 g/mol. The minimum Gasteiger partial charge on any atom is -0.344 e. The lowest BCUT2D eigenvalue weighted by atomic mass is 9.97. The predicted molar refractivity (Wildman–Crippen MR) is 106 cm³/mol. The molecule has 2 amide bonds. The van der Waals surface area contributed by atoms with Crippen LogP contribution in [0.2, 0.25) is 0 Å². The van der Waals surface area contributed by atoms with E-state index in [4.69, 9.17) is 5.73 Å². The molecule has 0 aromatic heterocycles. The molecule has 0 spiro atoms. The van der Waals surface area contributed by atoms with Gasteiger partial charge in [-0.05, 0) is 67.8 Å². The fraction of sp³-hybridized carbons (Fsp3) is 0.619. The van der Waals surface area contributed by atoms with E-state index in [2.05, 4.69) is 22.8 Å². The third-order valence-corrected chi connectivity index (χ3v) is 5.29. The van der Waals surface area contributed by atoms with Crippen molar-refractivity contribution >= 4 is 17.5 Å². The van der Waals surface area contributed by atoms with Crippen molar-refractivity contribution in [2.45, 2.75) is 71.3 Å². The number of carbonyl (C=O) groups excluding carboxylic acids is 2. The van der Waals surface area contributed by atoms with Crippen molar-refractivity contribution in [3.63, 3.8) is 0 Å². The van der Waals surface area contributed by atoms with Crippen LogP contribution >= 0.6 is 0 Å². The fourth-order valence-corrected chi connectivity index (χ4v) is 3.42. The summed E-state index contributed by atoms with van der Waals surface area (Å²) in [5, 5.41) is 5.93. The maximum Gasteiger partial charge on any atom is 0.247 e. The van der Waals surface area contributed by atoms with Crippen LogP contribution in [0.4, 0.5) is 5.69 Å². The van der Waals surface area contributed by atoms with Crippen molar-refractivity contribution in [3.05, 3.63) is 29.3 Å². The van der Waals surface area contributed by atoms with Crippen LogP contribution in [0, 0.1) is 5.92 Å². The standard InChI is InChI=1S/C21H33N3O2/c1-3-15(2)20(24-19(25)10-5-4-6-13-22)21(26)23-18-12-11-16-8-7-9-17(16)14-18/h11-12,14-15,20H,3-10,13,22H2,1-2H3,(H,23,26)(H,24,25). The maximum atomic E-state index is 12.8. The Hall–Kier alpha value is -1.88. The number of nitrogens with two attached hydrogens (primary N) is 1. The minimum absolute atomic E-state index is 0.0589. The second-order valence-corrected chi connectivity index (χ2v) is 7.36. The number of hydrogen-bond acceptors (Lipinski definition) is 3. The second kappa shape index (κ2) is 10.3. The van der Waals surface area contributed by atoms with E-state index in [1.54, 1.807) is 0 Å². The SMILES string of the molecule is CCC(C)C(NC(=O)CCCCCN)C(=O)Nc1ccc2c(c1)CCC2. The first-order chi connectivity index (χ1) is 12.5. The normalized spacial score (nSPS) is 15.2. The van der Waals surface area contributed by atoms with Crippen molar-refractivity contribution in [2.24, 2.45) is 11.7 Å². The number of rotatable bonds is 10. The number of carbonyl (C=O) groups is 2. The number of benzene rings is 1. The highest BCUT2D eigenvalue weighted by Crippen LogP contribution is 2.25. The molecule has 2 unspecified atom stereocenters. The zero-order chi connectivity index (χ0) is 18.9. The molecule has 5 nitrogen and oxygen atoms in total. The largest absolute Gasteiger partial charge is 0.344 e. The van der Waals surface area contributed by atoms with Crippen LogP contribution in [0.25, 0.3) is 0 Å². The van der Waals surface area contributed by atoms with Gasteiger partial charge in [0.1, 0.15) is 6.04 Å². The average molecular weight is 360 g/mol. The molecule has 0 saturated carbocycles. The van der Waals surface area contributed by atoms with Crippen LogP contribution < -0.4 is 16.4 Å². The van der Waals surface area contributed by atoms with Gasteiger partial charge >= 0.3 is 0 Å². The van der Waals surface area contributed by atoms with Crippen LogP contribution in [0.1, 0.15) is 63.5 Å². The van der Waals surface area contributed by atoms with Gasteiger partial charge in [0.15, 0.2) is 0 Å². The highest BCUT2D eigenvalue weighted by Gasteiger charge is 2.26. The van der Waals surface area contributed by atoms with Gasteiger partial charge in [-0.2, -0.15) is 0 Å². The van der Waals surface area contributed by atoms with Crippen molar-refractivity contribution in [1.82, 2.24) is 5.32 Å². The summed E-state index contributed by atoms with van der Waals surface area (Å²) in [6.07, 6.45) is 7.34. The van der Waals surface area contributed by atoms with Gasteiger partial charge in [-0.15, -0.1) is 0 Å². The van der Waals surface area contributed by atoms with Crippen LogP contribution in [0.3, 0.4) is 0 Å². The van der Waals surface area contributed by atoms with Gasteiger partial charge in [-0.25, -0.2) is 0 Å². The Labute approximate surface area is 157 Å². The lowest BCUT2D eigenvalue weighted by Crippen LogP contribution is -2.47. The van der Waals surface area contributed by atoms with Crippen molar-refractivity contribution < 1.29 is 9.59 Å². The molecule has 1 aliphatic carbocycles. The van der Waals surface area contributed by atoms with Gasteiger partial charge in [0.05, 0.1) is 0 Å². The molecule has 0 saturated heterocycles. The predicted octanol–water partition coefficient (Wildman–Crippen LogP) is 3.16. The lowest BCUT2D eigenvalue weighted by molar-refractivity contribution is -0.127. The maximum absolute atomic E-state index is 12.8. The molecule has 4 N–H and O–H groups in total. The topological polar surface area (TPSA) is 84.2 Å². The highest BCUT2D eigenvalue weighted by molar-refractivity contribution is 5.97. The Morgan fingerprint density at radius 2 is 1.92 bits per heavy atom. The summed E-state index contributed by atoms with van der Waals surface area (Å²) in [5.41, 5.74) is 9.01. The van der Waals surface area contributed by atoms with Gasteiger partial charge in [-0.3, -0.25) is 9.59 Å². The summed E-state index contributed by atoms with van der Waals surface area (Å²) < 4.78 is 0. The molecule has 5 heteroatoms. The second-order valence-electron chi connectivity index (χ2n) is 7.36. The van der Waals surface area contributed by atoms with E-state index in [0.29, 0.717) is 13.0 Å². The Kier molecular flexibility index (Phi) is 8.10. The monoisotopic (exact) mass is 359 g/mol. The molecule has 0 heterocycles. The first-order valence-electron chi connectivity index (χ1n) is 9.97. The van der Waals surface area contributed by atoms with Gasteiger partial charge in [0.25, 0.3) is 0 Å². The summed E-state index contributed by atoms with van der Waals surface area (Å²) in [6.45, 7) is 4.69. The third-order valence-electron chi connectivity index (χ3n) is 5.29. The summed E-state index contributed by atoms with van der Waals surface area (Å²) in [4.78, 5) is 25.0. The molecule has 1 aromatic rings. The van der Waals surface area contributed by atoms with Gasteiger partial charge in [-0.1, -0.05) is 32.8 Å². The number of anilines is 1. The number of aryl methyl sites for hydroxylation is 2. The molecule has 1 aliphatic rings. The number of hydrogen-bond donors (Lipinski definition) is 3. The minimum atomic E-state index is -0.504. The number of fused-ring (bicyclic) bond motifs is 1. The molecular formula is C21H33N3O2. The molecule has 144 valence electrons. The number of unbranched alkanes of at least 4 members (excludes halogenated alkanes) is 2. The van der Waals surface area contributed by atoms with Crippen molar-refractivity contribution in [3.8, 4) is 0 Å². The molecule has 2 rings (SSSR count). The molecule has 0 aliphatic heterocycles. The molecule has 0 bridgehead atoms. The molecule has 0 radical (unpaired) electrons. The number of nitrogens with one attached hydrogen (secondary N) is 2. The third kappa shape index (κ3) is 5.84. The Balaban J connectivity index is 1.94. The summed E-state index contributed by atoms with van der Waals surface area (Å²) >= 11 is 0. The zero-order valence-corrected chi connectivity index (χ0v) is 16.1. The van der Waals surface area contributed by atoms with Crippen LogP contribution in [0.5, 0.6) is 0 Å². The summed E-state index contributed by atoms with van der Waals surface area (Å²) in [6, 6.07) is 5.63. The van der Waals surface area contributed by atoms with E-state index in [0.717, 1.165) is 44.2 Å².